The Hall–Kier alpha value is -0.350. The molecule has 0 saturated carbocycles. The average Bonchev–Trinajstić information content (AvgIpc) is 2.29. The molecule has 16 heavy (non-hydrogen) atoms. The van der Waals surface area contributed by atoms with Crippen molar-refractivity contribution in [2.75, 3.05) is 13.2 Å². The molecule has 0 amide bonds. The summed E-state index contributed by atoms with van der Waals surface area (Å²) in [4.78, 5) is 4.08. The SMILES string of the molecule is Cl.Cl.c1cncc(CNC2CCOCC2)c1. The highest BCUT2D eigenvalue weighted by Gasteiger charge is 2.12. The molecule has 1 aliphatic heterocycles. The predicted octanol–water partition coefficient (Wildman–Crippen LogP) is 2.19. The van der Waals surface area contributed by atoms with E-state index in [9.17, 15) is 0 Å². The van der Waals surface area contributed by atoms with Gasteiger partial charge < -0.3 is 10.1 Å². The molecule has 0 bridgehead atoms. The molecule has 1 aromatic heterocycles. The Morgan fingerprint density at radius 1 is 1.31 bits per heavy atom. The van der Waals surface area contributed by atoms with Crippen LogP contribution in [-0.4, -0.2) is 24.2 Å². The zero-order chi connectivity index (χ0) is 9.64. The van der Waals surface area contributed by atoms with Crippen molar-refractivity contribution in [1.29, 1.82) is 0 Å². The molecule has 0 aliphatic carbocycles. The molecule has 1 aliphatic rings. The quantitative estimate of drug-likeness (QED) is 0.909. The normalized spacial score (nSPS) is 16.0. The van der Waals surface area contributed by atoms with E-state index in [2.05, 4.69) is 16.4 Å². The number of rotatable bonds is 3. The maximum atomic E-state index is 5.30. The first-order chi connectivity index (χ1) is 6.95. The predicted molar refractivity (Wildman–Crippen MR) is 69.4 cm³/mol. The second-order valence-electron chi connectivity index (χ2n) is 3.63. The number of halogens is 2. The van der Waals surface area contributed by atoms with Crippen LogP contribution in [0.25, 0.3) is 0 Å². The summed E-state index contributed by atoms with van der Waals surface area (Å²) in [5.74, 6) is 0. The molecule has 1 fully saturated rings. The third kappa shape index (κ3) is 5.12. The monoisotopic (exact) mass is 264 g/mol. The Morgan fingerprint density at radius 2 is 2.06 bits per heavy atom. The van der Waals surface area contributed by atoms with Crippen LogP contribution in [0.3, 0.4) is 0 Å². The maximum absolute atomic E-state index is 5.30. The third-order valence-corrected chi connectivity index (χ3v) is 2.54. The average molecular weight is 265 g/mol. The first kappa shape index (κ1) is 15.7. The Labute approximate surface area is 109 Å². The number of nitrogens with zero attached hydrogens (tertiary/aromatic N) is 1. The van der Waals surface area contributed by atoms with Crippen LogP contribution in [0.2, 0.25) is 0 Å². The third-order valence-electron chi connectivity index (χ3n) is 2.54. The molecule has 1 saturated heterocycles. The van der Waals surface area contributed by atoms with Crippen molar-refractivity contribution in [3.63, 3.8) is 0 Å². The summed E-state index contributed by atoms with van der Waals surface area (Å²) in [6.45, 7) is 2.70. The van der Waals surface area contributed by atoms with E-state index in [4.69, 9.17) is 4.74 Å². The molecular weight excluding hydrogens is 247 g/mol. The van der Waals surface area contributed by atoms with E-state index in [1.54, 1.807) is 6.20 Å². The molecular formula is C11H18Cl2N2O. The number of aromatic nitrogens is 1. The van der Waals surface area contributed by atoms with Gasteiger partial charge in [0.15, 0.2) is 0 Å². The Bertz CT molecular complexity index is 266. The molecule has 1 N–H and O–H groups in total. The van der Waals surface area contributed by atoms with Gasteiger partial charge in [-0.1, -0.05) is 6.07 Å². The minimum absolute atomic E-state index is 0. The van der Waals surface area contributed by atoms with Gasteiger partial charge in [-0.2, -0.15) is 0 Å². The fourth-order valence-corrected chi connectivity index (χ4v) is 1.67. The minimum Gasteiger partial charge on any atom is -0.381 e. The molecule has 0 atom stereocenters. The fourth-order valence-electron chi connectivity index (χ4n) is 1.67. The Kier molecular flexibility index (Phi) is 8.57. The van der Waals surface area contributed by atoms with Crippen LogP contribution in [0, 0.1) is 0 Å². The van der Waals surface area contributed by atoms with Crippen molar-refractivity contribution in [2.24, 2.45) is 0 Å². The number of pyridine rings is 1. The van der Waals surface area contributed by atoms with Gasteiger partial charge in [0.05, 0.1) is 0 Å². The van der Waals surface area contributed by atoms with E-state index in [1.807, 2.05) is 12.3 Å². The lowest BCUT2D eigenvalue weighted by Gasteiger charge is -2.23. The van der Waals surface area contributed by atoms with Crippen molar-refractivity contribution < 1.29 is 4.74 Å². The van der Waals surface area contributed by atoms with Crippen molar-refractivity contribution in [3.05, 3.63) is 30.1 Å². The van der Waals surface area contributed by atoms with Crippen LogP contribution in [-0.2, 0) is 11.3 Å². The molecule has 0 aromatic carbocycles. The maximum Gasteiger partial charge on any atom is 0.0480 e. The Morgan fingerprint density at radius 3 is 2.69 bits per heavy atom. The fraction of sp³-hybridized carbons (Fsp3) is 0.545. The topological polar surface area (TPSA) is 34.2 Å². The van der Waals surface area contributed by atoms with Gasteiger partial charge in [0.25, 0.3) is 0 Å². The van der Waals surface area contributed by atoms with E-state index >= 15 is 0 Å². The molecule has 1 aromatic rings. The highest BCUT2D eigenvalue weighted by Crippen LogP contribution is 2.07. The number of hydrogen-bond donors (Lipinski definition) is 1. The highest BCUT2D eigenvalue weighted by molar-refractivity contribution is 5.85. The molecule has 2 heterocycles. The van der Waals surface area contributed by atoms with E-state index < -0.39 is 0 Å². The smallest absolute Gasteiger partial charge is 0.0480 e. The minimum atomic E-state index is 0. The second-order valence-corrected chi connectivity index (χ2v) is 3.63. The van der Waals surface area contributed by atoms with E-state index in [0.29, 0.717) is 6.04 Å². The summed E-state index contributed by atoms with van der Waals surface area (Å²) in [6, 6.07) is 4.68. The first-order valence-corrected chi connectivity index (χ1v) is 5.15. The highest BCUT2D eigenvalue weighted by atomic mass is 35.5. The lowest BCUT2D eigenvalue weighted by molar-refractivity contribution is 0.0776. The van der Waals surface area contributed by atoms with Crippen LogP contribution in [0.5, 0.6) is 0 Å². The van der Waals surface area contributed by atoms with E-state index in [0.717, 1.165) is 32.6 Å². The van der Waals surface area contributed by atoms with Crippen LogP contribution >= 0.6 is 24.8 Å². The number of ether oxygens (including phenoxy) is 1. The molecule has 3 nitrogen and oxygen atoms in total. The number of nitrogens with one attached hydrogen (secondary N) is 1. The molecule has 0 spiro atoms. The van der Waals surface area contributed by atoms with Crippen LogP contribution in [0.1, 0.15) is 18.4 Å². The summed E-state index contributed by atoms with van der Waals surface area (Å²) in [5.41, 5.74) is 1.25. The summed E-state index contributed by atoms with van der Waals surface area (Å²) in [6.07, 6.45) is 5.96. The lowest BCUT2D eigenvalue weighted by Crippen LogP contribution is -2.34. The van der Waals surface area contributed by atoms with Crippen LogP contribution < -0.4 is 5.32 Å². The standard InChI is InChI=1S/C11H16N2O.2ClH/c1-2-10(8-12-5-1)9-13-11-3-6-14-7-4-11;;/h1-2,5,8,11,13H,3-4,6-7,9H2;2*1H. The second kappa shape index (κ2) is 8.76. The largest absolute Gasteiger partial charge is 0.381 e. The van der Waals surface area contributed by atoms with Gasteiger partial charge in [-0.15, -0.1) is 24.8 Å². The molecule has 0 radical (unpaired) electrons. The van der Waals surface area contributed by atoms with Gasteiger partial charge >= 0.3 is 0 Å². The zero-order valence-electron chi connectivity index (χ0n) is 9.09. The summed E-state index contributed by atoms with van der Waals surface area (Å²) >= 11 is 0. The van der Waals surface area contributed by atoms with Gasteiger partial charge in [0, 0.05) is 38.2 Å². The van der Waals surface area contributed by atoms with E-state index in [1.165, 1.54) is 5.56 Å². The van der Waals surface area contributed by atoms with Gasteiger partial charge in [-0.25, -0.2) is 0 Å². The van der Waals surface area contributed by atoms with Crippen molar-refractivity contribution >= 4 is 24.8 Å². The Balaban J connectivity index is 0.00000112. The van der Waals surface area contributed by atoms with E-state index in [-0.39, 0.29) is 24.8 Å². The van der Waals surface area contributed by atoms with Gasteiger partial charge in [0.1, 0.15) is 0 Å². The molecule has 92 valence electrons. The number of hydrogen-bond acceptors (Lipinski definition) is 3. The molecule has 2 rings (SSSR count). The lowest BCUT2D eigenvalue weighted by atomic mass is 10.1. The summed E-state index contributed by atoms with van der Waals surface area (Å²) in [7, 11) is 0. The summed E-state index contributed by atoms with van der Waals surface area (Å²) < 4.78 is 5.30. The van der Waals surface area contributed by atoms with Crippen molar-refractivity contribution in [1.82, 2.24) is 10.3 Å². The van der Waals surface area contributed by atoms with Crippen molar-refractivity contribution in [2.45, 2.75) is 25.4 Å². The van der Waals surface area contributed by atoms with Gasteiger partial charge in [-0.3, -0.25) is 4.98 Å². The zero-order valence-corrected chi connectivity index (χ0v) is 10.7. The van der Waals surface area contributed by atoms with Gasteiger partial charge in [-0.05, 0) is 24.5 Å². The summed E-state index contributed by atoms with van der Waals surface area (Å²) in [5, 5.41) is 3.52. The first-order valence-electron chi connectivity index (χ1n) is 5.15. The van der Waals surface area contributed by atoms with Crippen LogP contribution in [0.4, 0.5) is 0 Å². The molecule has 5 heteroatoms. The van der Waals surface area contributed by atoms with Gasteiger partial charge in [0.2, 0.25) is 0 Å². The molecule has 0 unspecified atom stereocenters. The van der Waals surface area contributed by atoms with Crippen molar-refractivity contribution in [3.8, 4) is 0 Å². The van der Waals surface area contributed by atoms with Crippen LogP contribution in [0.15, 0.2) is 24.5 Å².